The van der Waals surface area contributed by atoms with Crippen molar-refractivity contribution >= 4 is 46.3 Å². The zero-order chi connectivity index (χ0) is 20.3. The molecule has 0 saturated carbocycles. The van der Waals surface area contributed by atoms with Gasteiger partial charge in [-0.2, -0.15) is 0 Å². The van der Waals surface area contributed by atoms with Crippen LogP contribution in [0, 0.1) is 0 Å². The summed E-state index contributed by atoms with van der Waals surface area (Å²) in [4.78, 5) is 38.2. The van der Waals surface area contributed by atoms with E-state index in [1.54, 1.807) is 48.5 Å². The molecule has 0 fully saturated rings. The first-order valence-corrected chi connectivity index (χ1v) is 9.29. The predicted octanol–water partition coefficient (Wildman–Crippen LogP) is 3.90. The van der Waals surface area contributed by atoms with E-state index >= 15 is 0 Å². The van der Waals surface area contributed by atoms with Gasteiger partial charge in [-0.05, 0) is 48.4 Å². The van der Waals surface area contributed by atoms with Crippen molar-refractivity contribution < 1.29 is 14.4 Å². The molecule has 0 bridgehead atoms. The van der Waals surface area contributed by atoms with Crippen molar-refractivity contribution in [2.45, 2.75) is 20.3 Å². The minimum atomic E-state index is -0.359. The van der Waals surface area contributed by atoms with E-state index < -0.39 is 0 Å². The topological polar surface area (TPSA) is 78.5 Å². The van der Waals surface area contributed by atoms with E-state index in [2.05, 4.69) is 10.6 Å². The largest absolute Gasteiger partial charge is 0.350 e. The van der Waals surface area contributed by atoms with Crippen LogP contribution in [0.4, 0.5) is 11.4 Å². The van der Waals surface area contributed by atoms with Gasteiger partial charge < -0.3 is 10.6 Å². The predicted molar refractivity (Wildman–Crippen MR) is 110 cm³/mol. The molecule has 0 aliphatic carbocycles. The Bertz CT molecular complexity index is 950. The van der Waals surface area contributed by atoms with E-state index in [1.165, 1.54) is 11.8 Å². The number of hydrogen-bond acceptors (Lipinski definition) is 4. The highest BCUT2D eigenvalue weighted by Gasteiger charge is 2.38. The van der Waals surface area contributed by atoms with Gasteiger partial charge in [-0.1, -0.05) is 30.7 Å². The molecule has 1 aliphatic heterocycles. The number of nitrogens with one attached hydrogen (secondary N) is 2. The summed E-state index contributed by atoms with van der Waals surface area (Å²) in [5.41, 5.74) is 2.45. The molecule has 0 radical (unpaired) electrons. The number of rotatable bonds is 6. The molecule has 7 heteroatoms. The summed E-state index contributed by atoms with van der Waals surface area (Å²) in [5, 5.41) is 6.31. The molecule has 0 atom stereocenters. The fraction of sp³-hybridized carbons (Fsp3) is 0.190. The summed E-state index contributed by atoms with van der Waals surface area (Å²) in [7, 11) is 0. The second-order valence-electron chi connectivity index (χ2n) is 6.40. The van der Waals surface area contributed by atoms with E-state index in [9.17, 15) is 14.4 Å². The van der Waals surface area contributed by atoms with Crippen LogP contribution in [0.25, 0.3) is 5.57 Å². The van der Waals surface area contributed by atoms with E-state index in [0.717, 1.165) is 0 Å². The standard InChI is InChI=1S/C21H20ClN3O3/c1-3-12-25-20(27)18(14-4-6-15(22)7-5-14)19(21(25)28)24-17-10-8-16(9-11-17)23-13(2)26/h4-11,24H,3,12H2,1-2H3,(H,23,26). The highest BCUT2D eigenvalue weighted by Crippen LogP contribution is 2.31. The van der Waals surface area contributed by atoms with Gasteiger partial charge in [0.25, 0.3) is 11.8 Å². The molecule has 1 heterocycles. The summed E-state index contributed by atoms with van der Waals surface area (Å²) in [6.07, 6.45) is 0.671. The Labute approximate surface area is 168 Å². The Morgan fingerprint density at radius 3 is 2.14 bits per heavy atom. The van der Waals surface area contributed by atoms with E-state index in [-0.39, 0.29) is 23.4 Å². The number of carbonyl (C=O) groups excluding carboxylic acids is 3. The molecular weight excluding hydrogens is 378 g/mol. The molecule has 0 spiro atoms. The molecule has 2 N–H and O–H groups in total. The van der Waals surface area contributed by atoms with Crippen LogP contribution in [0.2, 0.25) is 5.02 Å². The first-order chi connectivity index (χ1) is 13.4. The van der Waals surface area contributed by atoms with E-state index in [0.29, 0.717) is 40.5 Å². The van der Waals surface area contributed by atoms with Crippen LogP contribution >= 0.6 is 11.6 Å². The van der Waals surface area contributed by atoms with Crippen LogP contribution in [0.5, 0.6) is 0 Å². The van der Waals surface area contributed by atoms with Gasteiger partial charge in [0.05, 0.1) is 5.57 Å². The van der Waals surface area contributed by atoms with Crippen molar-refractivity contribution in [1.82, 2.24) is 4.90 Å². The molecule has 3 amide bonds. The molecule has 0 aromatic heterocycles. The van der Waals surface area contributed by atoms with Crippen molar-refractivity contribution in [2.75, 3.05) is 17.2 Å². The minimum Gasteiger partial charge on any atom is -0.350 e. The average molecular weight is 398 g/mol. The number of benzene rings is 2. The molecule has 3 rings (SSSR count). The monoisotopic (exact) mass is 397 g/mol. The number of halogens is 1. The number of anilines is 2. The maximum Gasteiger partial charge on any atom is 0.278 e. The second kappa shape index (κ2) is 8.27. The van der Waals surface area contributed by atoms with Crippen LogP contribution in [0.15, 0.2) is 54.2 Å². The molecular formula is C21H20ClN3O3. The van der Waals surface area contributed by atoms with Crippen molar-refractivity contribution in [3.05, 3.63) is 64.8 Å². The van der Waals surface area contributed by atoms with Gasteiger partial charge in [-0.25, -0.2) is 0 Å². The quantitative estimate of drug-likeness (QED) is 0.724. The van der Waals surface area contributed by atoms with E-state index in [4.69, 9.17) is 11.6 Å². The zero-order valence-electron chi connectivity index (χ0n) is 15.6. The molecule has 0 unspecified atom stereocenters. The fourth-order valence-electron chi connectivity index (χ4n) is 2.99. The first kappa shape index (κ1) is 19.6. The average Bonchev–Trinajstić information content (AvgIpc) is 2.88. The third-order valence-corrected chi connectivity index (χ3v) is 4.47. The fourth-order valence-corrected chi connectivity index (χ4v) is 3.11. The molecule has 0 saturated heterocycles. The van der Waals surface area contributed by atoms with Gasteiger partial charge in [0.2, 0.25) is 5.91 Å². The summed E-state index contributed by atoms with van der Waals surface area (Å²) in [6, 6.07) is 13.7. The Morgan fingerprint density at radius 2 is 1.57 bits per heavy atom. The highest BCUT2D eigenvalue weighted by atomic mass is 35.5. The number of amides is 3. The lowest BCUT2D eigenvalue weighted by Crippen LogP contribution is -2.33. The zero-order valence-corrected chi connectivity index (χ0v) is 16.3. The second-order valence-corrected chi connectivity index (χ2v) is 6.84. The van der Waals surface area contributed by atoms with Gasteiger partial charge in [0.1, 0.15) is 5.70 Å². The molecule has 2 aromatic carbocycles. The Kier molecular flexibility index (Phi) is 5.80. The van der Waals surface area contributed by atoms with Crippen molar-refractivity contribution in [1.29, 1.82) is 0 Å². The number of carbonyl (C=O) groups is 3. The highest BCUT2D eigenvalue weighted by molar-refractivity contribution is 6.36. The Hall–Kier alpha value is -3.12. The molecule has 2 aromatic rings. The molecule has 144 valence electrons. The van der Waals surface area contributed by atoms with Crippen LogP contribution in [0.1, 0.15) is 25.8 Å². The molecule has 6 nitrogen and oxygen atoms in total. The molecule has 1 aliphatic rings. The first-order valence-electron chi connectivity index (χ1n) is 8.91. The Balaban J connectivity index is 1.97. The van der Waals surface area contributed by atoms with Crippen LogP contribution < -0.4 is 10.6 Å². The number of nitrogens with zero attached hydrogens (tertiary/aromatic N) is 1. The normalized spacial score (nSPS) is 13.9. The summed E-state index contributed by atoms with van der Waals surface area (Å²) >= 11 is 5.95. The molecule has 28 heavy (non-hydrogen) atoms. The third-order valence-electron chi connectivity index (χ3n) is 4.22. The van der Waals surface area contributed by atoms with Gasteiger partial charge >= 0.3 is 0 Å². The smallest absolute Gasteiger partial charge is 0.278 e. The SMILES string of the molecule is CCCN1C(=O)C(Nc2ccc(NC(C)=O)cc2)=C(c2ccc(Cl)cc2)C1=O. The van der Waals surface area contributed by atoms with Gasteiger partial charge in [0.15, 0.2) is 0 Å². The van der Waals surface area contributed by atoms with Crippen LogP contribution in [0.3, 0.4) is 0 Å². The van der Waals surface area contributed by atoms with Crippen LogP contribution in [-0.4, -0.2) is 29.2 Å². The maximum atomic E-state index is 12.9. The minimum absolute atomic E-state index is 0.166. The maximum absolute atomic E-state index is 12.9. The van der Waals surface area contributed by atoms with Gasteiger partial charge in [-0.15, -0.1) is 0 Å². The van der Waals surface area contributed by atoms with Crippen molar-refractivity contribution in [3.63, 3.8) is 0 Å². The van der Waals surface area contributed by atoms with Gasteiger partial charge in [-0.3, -0.25) is 19.3 Å². The number of imide groups is 1. The third kappa shape index (κ3) is 4.07. The summed E-state index contributed by atoms with van der Waals surface area (Å²) < 4.78 is 0. The lowest BCUT2D eigenvalue weighted by molar-refractivity contribution is -0.136. The lowest BCUT2D eigenvalue weighted by Gasteiger charge is -2.14. The Morgan fingerprint density at radius 1 is 0.964 bits per heavy atom. The van der Waals surface area contributed by atoms with Crippen LogP contribution in [-0.2, 0) is 14.4 Å². The van der Waals surface area contributed by atoms with Crippen molar-refractivity contribution in [3.8, 4) is 0 Å². The van der Waals surface area contributed by atoms with Crippen molar-refractivity contribution in [2.24, 2.45) is 0 Å². The van der Waals surface area contributed by atoms with E-state index in [1.807, 2.05) is 6.92 Å². The summed E-state index contributed by atoms with van der Waals surface area (Å²) in [6.45, 7) is 3.69. The summed E-state index contributed by atoms with van der Waals surface area (Å²) in [5.74, 6) is -0.852. The number of hydrogen-bond donors (Lipinski definition) is 2. The van der Waals surface area contributed by atoms with Gasteiger partial charge in [0, 0.05) is 29.9 Å². The lowest BCUT2D eigenvalue weighted by atomic mass is 10.0.